The third-order valence-corrected chi connectivity index (χ3v) is 2.85. The Balaban J connectivity index is 2.65. The van der Waals surface area contributed by atoms with Gasteiger partial charge in [-0.25, -0.2) is 0 Å². The number of carbonyl (C=O) groups excluding carboxylic acids is 1. The molecular formula is C14H18F3NO3. The molecule has 21 heavy (non-hydrogen) atoms. The summed E-state index contributed by atoms with van der Waals surface area (Å²) in [7, 11) is 1.45. The summed E-state index contributed by atoms with van der Waals surface area (Å²) < 4.78 is 43.7. The van der Waals surface area contributed by atoms with Crippen LogP contribution in [-0.2, 0) is 9.53 Å². The van der Waals surface area contributed by atoms with Crippen LogP contribution in [0.2, 0.25) is 0 Å². The lowest BCUT2D eigenvalue weighted by atomic mass is 10.1. The highest BCUT2D eigenvalue weighted by Crippen LogP contribution is 2.35. The number of aliphatic hydroxyl groups is 1. The van der Waals surface area contributed by atoms with E-state index in [1.165, 1.54) is 36.2 Å². The molecule has 0 aromatic heterocycles. The molecule has 0 radical (unpaired) electrons. The van der Waals surface area contributed by atoms with Gasteiger partial charge in [0.05, 0.1) is 0 Å². The van der Waals surface area contributed by atoms with Crippen LogP contribution in [-0.4, -0.2) is 48.9 Å². The highest BCUT2D eigenvalue weighted by atomic mass is 19.4. The van der Waals surface area contributed by atoms with Crippen LogP contribution < -0.4 is 0 Å². The van der Waals surface area contributed by atoms with E-state index in [9.17, 15) is 18.0 Å². The number of hydrogen-bond acceptors (Lipinski definition) is 3. The Morgan fingerprint density at radius 3 is 2.48 bits per heavy atom. The van der Waals surface area contributed by atoms with Crippen LogP contribution in [0, 0.1) is 0 Å². The van der Waals surface area contributed by atoms with Crippen LogP contribution in [0.25, 0.3) is 0 Å². The molecule has 1 rings (SSSR count). The number of ether oxygens (including phenoxy) is 1. The SMILES string of the molecule is CN(CCCO)C(=O)COC(c1ccccc1)C(F)(F)F. The lowest BCUT2D eigenvalue weighted by molar-refractivity contribution is -0.224. The number of alkyl halides is 3. The molecule has 1 amide bonds. The van der Waals surface area contributed by atoms with Crippen molar-refractivity contribution in [1.82, 2.24) is 4.90 Å². The Bertz CT molecular complexity index is 437. The zero-order valence-electron chi connectivity index (χ0n) is 11.6. The first-order valence-corrected chi connectivity index (χ1v) is 6.44. The van der Waals surface area contributed by atoms with Crippen LogP contribution in [0.5, 0.6) is 0 Å². The summed E-state index contributed by atoms with van der Waals surface area (Å²) in [5.74, 6) is -0.561. The smallest absolute Gasteiger partial charge is 0.396 e. The summed E-state index contributed by atoms with van der Waals surface area (Å²) in [6, 6.07) is 7.17. The van der Waals surface area contributed by atoms with Crippen molar-refractivity contribution in [2.45, 2.75) is 18.7 Å². The predicted octanol–water partition coefficient (Wildman–Crippen LogP) is 2.15. The van der Waals surface area contributed by atoms with E-state index in [4.69, 9.17) is 9.84 Å². The van der Waals surface area contributed by atoms with Gasteiger partial charge in [-0.1, -0.05) is 30.3 Å². The molecule has 1 unspecified atom stereocenters. The summed E-state index contributed by atoms with van der Waals surface area (Å²) in [5.41, 5.74) is -0.0455. The second-order valence-corrected chi connectivity index (χ2v) is 4.54. The summed E-state index contributed by atoms with van der Waals surface area (Å²) in [5, 5.41) is 8.65. The van der Waals surface area contributed by atoms with Gasteiger partial charge in [-0.15, -0.1) is 0 Å². The van der Waals surface area contributed by atoms with Gasteiger partial charge in [0, 0.05) is 20.2 Å². The van der Waals surface area contributed by atoms with Gasteiger partial charge in [0.25, 0.3) is 0 Å². The van der Waals surface area contributed by atoms with Crippen LogP contribution in [0.1, 0.15) is 18.1 Å². The lowest BCUT2D eigenvalue weighted by Crippen LogP contribution is -2.34. The van der Waals surface area contributed by atoms with Gasteiger partial charge in [-0.3, -0.25) is 4.79 Å². The summed E-state index contributed by atoms with van der Waals surface area (Å²) in [6.07, 6.45) is -6.36. The second kappa shape index (κ2) is 7.99. The molecule has 0 aliphatic heterocycles. The van der Waals surface area contributed by atoms with Gasteiger partial charge >= 0.3 is 6.18 Å². The van der Waals surface area contributed by atoms with Crippen LogP contribution in [0.15, 0.2) is 30.3 Å². The maximum Gasteiger partial charge on any atom is 0.418 e. The van der Waals surface area contributed by atoms with Crippen LogP contribution >= 0.6 is 0 Å². The van der Waals surface area contributed by atoms with Crippen molar-refractivity contribution >= 4 is 5.91 Å². The minimum absolute atomic E-state index is 0.0455. The van der Waals surface area contributed by atoms with Crippen molar-refractivity contribution in [1.29, 1.82) is 0 Å². The van der Waals surface area contributed by atoms with E-state index in [1.807, 2.05) is 0 Å². The monoisotopic (exact) mass is 305 g/mol. The van der Waals surface area contributed by atoms with Crippen molar-refractivity contribution in [3.8, 4) is 0 Å². The Hall–Kier alpha value is -1.60. The van der Waals surface area contributed by atoms with E-state index in [2.05, 4.69) is 0 Å². The Morgan fingerprint density at radius 2 is 1.95 bits per heavy atom. The molecule has 0 aliphatic rings. The number of hydrogen-bond donors (Lipinski definition) is 1. The Kier molecular flexibility index (Phi) is 6.64. The molecule has 1 N–H and O–H groups in total. The van der Waals surface area contributed by atoms with E-state index < -0.39 is 24.8 Å². The zero-order chi connectivity index (χ0) is 15.9. The van der Waals surface area contributed by atoms with Crippen molar-refractivity contribution in [2.75, 3.05) is 26.8 Å². The van der Waals surface area contributed by atoms with Crippen molar-refractivity contribution < 1.29 is 27.8 Å². The molecule has 7 heteroatoms. The number of nitrogens with zero attached hydrogens (tertiary/aromatic N) is 1. The highest BCUT2D eigenvalue weighted by molar-refractivity contribution is 5.77. The molecule has 0 bridgehead atoms. The molecule has 0 spiro atoms. The number of carbonyl (C=O) groups is 1. The maximum atomic E-state index is 13.0. The minimum Gasteiger partial charge on any atom is -0.396 e. The number of benzene rings is 1. The van der Waals surface area contributed by atoms with E-state index >= 15 is 0 Å². The Morgan fingerprint density at radius 1 is 1.33 bits per heavy atom. The average molecular weight is 305 g/mol. The van der Waals surface area contributed by atoms with Crippen molar-refractivity contribution in [3.05, 3.63) is 35.9 Å². The highest BCUT2D eigenvalue weighted by Gasteiger charge is 2.42. The minimum atomic E-state index is -4.59. The first-order valence-electron chi connectivity index (χ1n) is 6.44. The van der Waals surface area contributed by atoms with E-state index in [-0.39, 0.29) is 18.7 Å². The fourth-order valence-corrected chi connectivity index (χ4v) is 1.70. The molecule has 1 atom stereocenters. The second-order valence-electron chi connectivity index (χ2n) is 4.54. The normalized spacial score (nSPS) is 13.0. The largest absolute Gasteiger partial charge is 0.418 e. The van der Waals surface area contributed by atoms with Gasteiger partial charge < -0.3 is 14.7 Å². The number of likely N-dealkylation sites (N-methyl/N-ethyl adjacent to an activating group) is 1. The number of aliphatic hydroxyl groups excluding tert-OH is 1. The standard InChI is InChI=1S/C14H18F3NO3/c1-18(8-5-9-19)12(20)10-21-13(14(15,16)17)11-6-3-2-4-7-11/h2-4,6-7,13,19H,5,8-10H2,1H3. The first kappa shape index (κ1) is 17.5. The molecule has 0 heterocycles. The molecule has 1 aromatic rings. The molecular weight excluding hydrogens is 287 g/mol. The van der Waals surface area contributed by atoms with E-state index in [0.717, 1.165) is 0 Å². The molecule has 0 fully saturated rings. The average Bonchev–Trinajstić information content (AvgIpc) is 2.44. The van der Waals surface area contributed by atoms with Gasteiger partial charge in [-0.05, 0) is 12.0 Å². The number of rotatable bonds is 7. The molecule has 0 saturated heterocycles. The Labute approximate surface area is 121 Å². The first-order chi connectivity index (χ1) is 9.86. The number of amides is 1. The molecule has 0 saturated carbocycles. The van der Waals surface area contributed by atoms with Gasteiger partial charge in [0.2, 0.25) is 5.91 Å². The molecule has 1 aromatic carbocycles. The fraction of sp³-hybridized carbons (Fsp3) is 0.500. The summed E-state index contributed by atoms with van der Waals surface area (Å²) in [6.45, 7) is -0.491. The third kappa shape index (κ3) is 5.73. The summed E-state index contributed by atoms with van der Waals surface area (Å²) >= 11 is 0. The molecule has 118 valence electrons. The number of halogens is 3. The van der Waals surface area contributed by atoms with E-state index in [0.29, 0.717) is 6.42 Å². The zero-order valence-corrected chi connectivity index (χ0v) is 11.6. The van der Waals surface area contributed by atoms with Crippen LogP contribution in [0.4, 0.5) is 13.2 Å². The predicted molar refractivity (Wildman–Crippen MR) is 70.5 cm³/mol. The molecule has 0 aliphatic carbocycles. The van der Waals surface area contributed by atoms with E-state index in [1.54, 1.807) is 6.07 Å². The fourth-order valence-electron chi connectivity index (χ4n) is 1.70. The van der Waals surface area contributed by atoms with Crippen molar-refractivity contribution in [3.63, 3.8) is 0 Å². The van der Waals surface area contributed by atoms with Gasteiger partial charge in [0.1, 0.15) is 6.61 Å². The molecule has 4 nitrogen and oxygen atoms in total. The van der Waals surface area contributed by atoms with Gasteiger partial charge in [0.15, 0.2) is 6.10 Å². The van der Waals surface area contributed by atoms with Crippen molar-refractivity contribution in [2.24, 2.45) is 0 Å². The topological polar surface area (TPSA) is 49.8 Å². The maximum absolute atomic E-state index is 13.0. The summed E-state index contributed by atoms with van der Waals surface area (Å²) in [4.78, 5) is 12.9. The quantitative estimate of drug-likeness (QED) is 0.840. The van der Waals surface area contributed by atoms with Gasteiger partial charge in [-0.2, -0.15) is 13.2 Å². The lowest BCUT2D eigenvalue weighted by Gasteiger charge is -2.23. The van der Waals surface area contributed by atoms with Crippen LogP contribution in [0.3, 0.4) is 0 Å². The third-order valence-electron chi connectivity index (χ3n) is 2.85.